The summed E-state index contributed by atoms with van der Waals surface area (Å²) < 4.78 is 24.5. The molecule has 0 saturated carbocycles. The van der Waals surface area contributed by atoms with Gasteiger partial charge in [-0.3, -0.25) is 0 Å². The van der Waals surface area contributed by atoms with Crippen LogP contribution in [0.3, 0.4) is 0 Å². The van der Waals surface area contributed by atoms with Gasteiger partial charge in [0.25, 0.3) is 0 Å². The fraction of sp³-hybridized carbons (Fsp3) is 0.474. The Balaban J connectivity index is 1.57. The molecular weight excluding hydrogens is 349 g/mol. The number of aromatic nitrogens is 2. The van der Waals surface area contributed by atoms with E-state index in [-0.39, 0.29) is 0 Å². The fourth-order valence-corrected chi connectivity index (χ4v) is 3.01. The normalized spacial score (nSPS) is 16.9. The number of ether oxygens (including phenoxy) is 2. The van der Waals surface area contributed by atoms with Crippen LogP contribution in [0, 0.1) is 0 Å². The summed E-state index contributed by atoms with van der Waals surface area (Å²) in [6, 6.07) is 7.38. The molecule has 1 saturated heterocycles. The van der Waals surface area contributed by atoms with E-state index in [4.69, 9.17) is 9.47 Å². The lowest BCUT2D eigenvalue weighted by atomic mass is 10.2. The summed E-state index contributed by atoms with van der Waals surface area (Å²) in [5.74, 6) is 2.54. The van der Waals surface area contributed by atoms with E-state index in [0.717, 1.165) is 31.0 Å². The zero-order valence-electron chi connectivity index (χ0n) is 15.7. The van der Waals surface area contributed by atoms with E-state index in [1.54, 1.807) is 26.4 Å². The molecule has 2 N–H and O–H groups in total. The molecule has 1 aromatic carbocycles. The van der Waals surface area contributed by atoms with Gasteiger partial charge in [0.2, 0.25) is 5.95 Å². The molecule has 0 aliphatic carbocycles. The first-order valence-electron chi connectivity index (χ1n) is 9.13. The minimum atomic E-state index is -0.683. The molecule has 3 rings (SSSR count). The maximum atomic E-state index is 13.2. The standard InChI is InChI=1S/C19H26FN5O2/c1-21-18-6-8-22-19(24-18)23-15-4-5-16(26-2)17(12-15)27-11-3-9-25-10-7-14(20)13-25/h4-6,8,12,14H,3,7,9-11,13H2,1-2H3,(H2,21,22,23,24)/t14-/m1/s1. The van der Waals surface area contributed by atoms with Crippen LogP contribution >= 0.6 is 0 Å². The summed E-state index contributed by atoms with van der Waals surface area (Å²) in [5, 5.41) is 6.14. The number of alkyl halides is 1. The molecule has 1 aromatic heterocycles. The van der Waals surface area contributed by atoms with Gasteiger partial charge in [0.05, 0.1) is 13.7 Å². The van der Waals surface area contributed by atoms with E-state index in [9.17, 15) is 4.39 Å². The molecule has 0 amide bonds. The molecule has 1 atom stereocenters. The van der Waals surface area contributed by atoms with E-state index in [2.05, 4.69) is 25.5 Å². The Labute approximate surface area is 158 Å². The third-order valence-corrected chi connectivity index (χ3v) is 4.42. The second kappa shape index (κ2) is 9.36. The topological polar surface area (TPSA) is 71.5 Å². The van der Waals surface area contributed by atoms with Crippen molar-refractivity contribution in [1.29, 1.82) is 0 Å². The first-order chi connectivity index (χ1) is 13.2. The van der Waals surface area contributed by atoms with E-state index in [1.165, 1.54) is 0 Å². The van der Waals surface area contributed by atoms with Crippen molar-refractivity contribution in [3.63, 3.8) is 0 Å². The van der Waals surface area contributed by atoms with Gasteiger partial charge in [0.15, 0.2) is 11.5 Å². The summed E-state index contributed by atoms with van der Waals surface area (Å²) in [7, 11) is 3.42. The third kappa shape index (κ3) is 5.43. The van der Waals surface area contributed by atoms with Gasteiger partial charge in [-0.1, -0.05) is 0 Å². The van der Waals surface area contributed by atoms with E-state index >= 15 is 0 Å². The van der Waals surface area contributed by atoms with E-state index in [1.807, 2.05) is 18.2 Å². The van der Waals surface area contributed by atoms with Crippen molar-refractivity contribution in [2.75, 3.05) is 51.0 Å². The first kappa shape index (κ1) is 19.2. The number of halogens is 1. The van der Waals surface area contributed by atoms with E-state index < -0.39 is 6.17 Å². The smallest absolute Gasteiger partial charge is 0.229 e. The Morgan fingerprint density at radius 1 is 1.30 bits per heavy atom. The highest BCUT2D eigenvalue weighted by atomic mass is 19.1. The van der Waals surface area contributed by atoms with Crippen molar-refractivity contribution in [3.8, 4) is 11.5 Å². The average molecular weight is 375 g/mol. The lowest BCUT2D eigenvalue weighted by Gasteiger charge is -2.16. The van der Waals surface area contributed by atoms with E-state index in [0.29, 0.717) is 37.0 Å². The zero-order chi connectivity index (χ0) is 19.1. The lowest BCUT2D eigenvalue weighted by Crippen LogP contribution is -2.23. The summed E-state index contributed by atoms with van der Waals surface area (Å²) in [6.45, 7) is 2.74. The predicted molar refractivity (Wildman–Crippen MR) is 104 cm³/mol. The van der Waals surface area contributed by atoms with Gasteiger partial charge in [-0.15, -0.1) is 0 Å². The Hall–Kier alpha value is -2.61. The van der Waals surface area contributed by atoms with Gasteiger partial charge < -0.3 is 25.0 Å². The highest BCUT2D eigenvalue weighted by molar-refractivity contribution is 5.60. The summed E-state index contributed by atoms with van der Waals surface area (Å²) in [6.07, 6.45) is 2.47. The van der Waals surface area contributed by atoms with Crippen molar-refractivity contribution in [2.45, 2.75) is 19.0 Å². The molecule has 2 aromatic rings. The van der Waals surface area contributed by atoms with Gasteiger partial charge >= 0.3 is 0 Å². The van der Waals surface area contributed by atoms with Gasteiger partial charge in [0, 0.05) is 44.6 Å². The van der Waals surface area contributed by atoms with Crippen molar-refractivity contribution >= 4 is 17.5 Å². The minimum Gasteiger partial charge on any atom is -0.493 e. The van der Waals surface area contributed by atoms with Crippen LogP contribution < -0.4 is 20.1 Å². The van der Waals surface area contributed by atoms with Gasteiger partial charge in [0.1, 0.15) is 12.0 Å². The molecule has 8 heteroatoms. The highest BCUT2D eigenvalue weighted by Crippen LogP contribution is 2.31. The van der Waals surface area contributed by atoms with Gasteiger partial charge in [-0.2, -0.15) is 4.98 Å². The van der Waals surface area contributed by atoms with Gasteiger partial charge in [-0.05, 0) is 31.0 Å². The van der Waals surface area contributed by atoms with Crippen LogP contribution in [-0.2, 0) is 0 Å². The molecular formula is C19H26FN5O2. The Kier molecular flexibility index (Phi) is 6.64. The molecule has 0 unspecified atom stereocenters. The molecule has 0 spiro atoms. The number of hydrogen-bond donors (Lipinski definition) is 2. The summed E-state index contributed by atoms with van der Waals surface area (Å²) in [5.41, 5.74) is 0.805. The minimum absolute atomic E-state index is 0.493. The SMILES string of the molecule is CNc1ccnc(Nc2ccc(OC)c(OCCCN3CC[C@@H](F)C3)c2)n1. The Morgan fingerprint density at radius 3 is 2.93 bits per heavy atom. The Morgan fingerprint density at radius 2 is 2.19 bits per heavy atom. The highest BCUT2D eigenvalue weighted by Gasteiger charge is 2.20. The monoisotopic (exact) mass is 375 g/mol. The average Bonchev–Trinajstić information content (AvgIpc) is 3.11. The number of rotatable bonds is 9. The molecule has 1 aliphatic rings. The second-order valence-corrected chi connectivity index (χ2v) is 6.39. The van der Waals surface area contributed by atoms with Crippen LogP contribution in [0.25, 0.3) is 0 Å². The van der Waals surface area contributed by atoms with Crippen molar-refractivity contribution in [3.05, 3.63) is 30.5 Å². The molecule has 0 bridgehead atoms. The molecule has 0 radical (unpaired) electrons. The molecule has 146 valence electrons. The number of benzene rings is 1. The predicted octanol–water partition coefficient (Wildman–Crippen LogP) is 3.08. The molecule has 7 nitrogen and oxygen atoms in total. The molecule has 1 fully saturated rings. The first-order valence-corrected chi connectivity index (χ1v) is 9.13. The van der Waals surface area contributed by atoms with Crippen LogP contribution in [0.15, 0.2) is 30.5 Å². The van der Waals surface area contributed by atoms with Crippen LogP contribution in [0.1, 0.15) is 12.8 Å². The van der Waals surface area contributed by atoms with Crippen molar-refractivity contribution < 1.29 is 13.9 Å². The van der Waals surface area contributed by atoms with Crippen LogP contribution in [-0.4, -0.2) is 61.4 Å². The molecule has 2 heterocycles. The van der Waals surface area contributed by atoms with Crippen molar-refractivity contribution in [2.24, 2.45) is 0 Å². The van der Waals surface area contributed by atoms with Crippen LogP contribution in [0.2, 0.25) is 0 Å². The molecule has 27 heavy (non-hydrogen) atoms. The maximum absolute atomic E-state index is 13.2. The van der Waals surface area contributed by atoms with Gasteiger partial charge in [-0.25, -0.2) is 9.37 Å². The fourth-order valence-electron chi connectivity index (χ4n) is 3.01. The third-order valence-electron chi connectivity index (χ3n) is 4.42. The quantitative estimate of drug-likeness (QED) is 0.653. The summed E-state index contributed by atoms with van der Waals surface area (Å²) in [4.78, 5) is 10.7. The Bertz CT molecular complexity index is 746. The number of likely N-dealkylation sites (tertiary alicyclic amines) is 1. The number of nitrogens with one attached hydrogen (secondary N) is 2. The summed E-state index contributed by atoms with van der Waals surface area (Å²) >= 11 is 0. The zero-order valence-corrected chi connectivity index (χ0v) is 15.7. The van der Waals surface area contributed by atoms with Crippen molar-refractivity contribution in [1.82, 2.24) is 14.9 Å². The number of hydrogen-bond acceptors (Lipinski definition) is 7. The number of anilines is 3. The second-order valence-electron chi connectivity index (χ2n) is 6.39. The van der Waals surface area contributed by atoms with Crippen LogP contribution in [0.4, 0.5) is 21.8 Å². The van der Waals surface area contributed by atoms with Crippen LogP contribution in [0.5, 0.6) is 11.5 Å². The maximum Gasteiger partial charge on any atom is 0.229 e. The lowest BCUT2D eigenvalue weighted by molar-refractivity contribution is 0.242. The number of nitrogens with zero attached hydrogens (tertiary/aromatic N) is 3. The largest absolute Gasteiger partial charge is 0.493 e. The number of methoxy groups -OCH3 is 1. The molecule has 1 aliphatic heterocycles.